The van der Waals surface area contributed by atoms with E-state index in [4.69, 9.17) is 0 Å². The van der Waals surface area contributed by atoms with Gasteiger partial charge in [-0.2, -0.15) is 0 Å². The molecule has 4 aromatic carbocycles. The molecule has 2 N–H and O–H groups in total. The lowest BCUT2D eigenvalue weighted by Gasteiger charge is -2.09. The summed E-state index contributed by atoms with van der Waals surface area (Å²) >= 11 is 0. The maximum absolute atomic E-state index is 3.70. The van der Waals surface area contributed by atoms with Crippen LogP contribution in [0.15, 0.2) is 60.7 Å². The zero-order valence-corrected chi connectivity index (χ0v) is 23.3. The van der Waals surface area contributed by atoms with Gasteiger partial charge in [0.2, 0.25) is 0 Å². The standard InChI is InChI=1S/C36H42N2/c1-3-5-7-9-11-13-25-23-33-31-17-15-28-27(29(31)19-21-35(33)37-25)16-18-32-30(28)20-22-36-34(32)24-26(38-36)14-12-10-8-6-4-2/h15-24,37-38H,3-14H2,1-2H3. The molecule has 0 aliphatic rings. The van der Waals surface area contributed by atoms with Crippen molar-refractivity contribution in [2.24, 2.45) is 0 Å². The molecule has 2 nitrogen and oxygen atoms in total. The smallest absolute Gasteiger partial charge is 0.0462 e. The summed E-state index contributed by atoms with van der Waals surface area (Å²) in [4.78, 5) is 7.40. The fourth-order valence-electron chi connectivity index (χ4n) is 6.49. The molecule has 0 bridgehead atoms. The van der Waals surface area contributed by atoms with E-state index in [1.54, 1.807) is 0 Å². The van der Waals surface area contributed by atoms with Crippen LogP contribution >= 0.6 is 0 Å². The van der Waals surface area contributed by atoms with Gasteiger partial charge in [-0.15, -0.1) is 0 Å². The first-order chi connectivity index (χ1) is 18.8. The third-order valence-corrected chi connectivity index (χ3v) is 8.61. The highest BCUT2D eigenvalue weighted by Crippen LogP contribution is 2.37. The van der Waals surface area contributed by atoms with Crippen LogP contribution in [0.2, 0.25) is 0 Å². The zero-order valence-electron chi connectivity index (χ0n) is 23.3. The Morgan fingerprint density at radius 1 is 0.395 bits per heavy atom. The van der Waals surface area contributed by atoms with Gasteiger partial charge in [-0.1, -0.05) is 102 Å². The first-order valence-corrected chi connectivity index (χ1v) is 15.2. The van der Waals surface area contributed by atoms with Crippen molar-refractivity contribution in [1.29, 1.82) is 0 Å². The zero-order chi connectivity index (χ0) is 25.9. The Morgan fingerprint density at radius 2 is 0.737 bits per heavy atom. The van der Waals surface area contributed by atoms with Crippen molar-refractivity contribution in [2.75, 3.05) is 0 Å². The van der Waals surface area contributed by atoms with E-state index >= 15 is 0 Å². The van der Waals surface area contributed by atoms with Crippen LogP contribution < -0.4 is 0 Å². The minimum atomic E-state index is 1.14. The normalized spacial score (nSPS) is 12.2. The molecule has 0 saturated heterocycles. The van der Waals surface area contributed by atoms with Crippen molar-refractivity contribution < 1.29 is 0 Å². The molecule has 0 unspecified atom stereocenters. The first kappa shape index (κ1) is 25.0. The van der Waals surface area contributed by atoms with E-state index in [0.717, 1.165) is 12.8 Å². The third kappa shape index (κ3) is 4.82. The van der Waals surface area contributed by atoms with Gasteiger partial charge in [0.1, 0.15) is 0 Å². The minimum Gasteiger partial charge on any atom is -0.358 e. The number of rotatable bonds is 12. The second-order valence-electron chi connectivity index (χ2n) is 11.4. The Kier molecular flexibility index (Phi) is 7.40. The summed E-state index contributed by atoms with van der Waals surface area (Å²) in [6.45, 7) is 4.56. The molecular weight excluding hydrogens is 460 g/mol. The molecule has 0 amide bonds. The van der Waals surface area contributed by atoms with Gasteiger partial charge in [0.15, 0.2) is 0 Å². The van der Waals surface area contributed by atoms with Crippen molar-refractivity contribution in [3.05, 3.63) is 72.1 Å². The summed E-state index contributed by atoms with van der Waals surface area (Å²) in [7, 11) is 0. The molecule has 6 rings (SSSR count). The molecule has 0 aliphatic heterocycles. The van der Waals surface area contributed by atoms with Gasteiger partial charge >= 0.3 is 0 Å². The lowest BCUT2D eigenvalue weighted by molar-refractivity contribution is 0.629. The summed E-state index contributed by atoms with van der Waals surface area (Å²) in [6, 6.07) is 23.4. The molecule has 0 atom stereocenters. The van der Waals surface area contributed by atoms with Crippen LogP contribution in [0.4, 0.5) is 0 Å². The quantitative estimate of drug-likeness (QED) is 0.123. The molecule has 6 aromatic rings. The van der Waals surface area contributed by atoms with Gasteiger partial charge in [-0.25, -0.2) is 0 Å². The molecule has 2 heteroatoms. The van der Waals surface area contributed by atoms with E-state index in [1.807, 2.05) is 0 Å². The molecule has 38 heavy (non-hydrogen) atoms. The number of nitrogens with one attached hydrogen (secondary N) is 2. The van der Waals surface area contributed by atoms with E-state index in [-0.39, 0.29) is 0 Å². The first-order valence-electron chi connectivity index (χ1n) is 15.2. The summed E-state index contributed by atoms with van der Waals surface area (Å²) < 4.78 is 0. The molecular formula is C36H42N2. The Bertz CT molecular complexity index is 1570. The molecule has 0 aliphatic carbocycles. The highest BCUT2D eigenvalue weighted by molar-refractivity contribution is 6.24. The molecule has 2 aromatic heterocycles. The number of benzene rings is 4. The fourth-order valence-corrected chi connectivity index (χ4v) is 6.49. The number of hydrogen-bond acceptors (Lipinski definition) is 0. The highest BCUT2D eigenvalue weighted by atomic mass is 14.7. The Hall–Kier alpha value is -3.26. The topological polar surface area (TPSA) is 31.6 Å². The van der Waals surface area contributed by atoms with Crippen LogP contribution in [-0.2, 0) is 12.8 Å². The van der Waals surface area contributed by atoms with E-state index in [0.29, 0.717) is 0 Å². The van der Waals surface area contributed by atoms with E-state index < -0.39 is 0 Å². The number of aromatic nitrogens is 2. The maximum Gasteiger partial charge on any atom is 0.0462 e. The second kappa shape index (κ2) is 11.2. The number of hydrogen-bond donors (Lipinski definition) is 2. The Balaban J connectivity index is 1.33. The van der Waals surface area contributed by atoms with Crippen LogP contribution in [0.5, 0.6) is 0 Å². The largest absolute Gasteiger partial charge is 0.358 e. The van der Waals surface area contributed by atoms with Crippen molar-refractivity contribution in [2.45, 2.75) is 90.9 Å². The molecule has 196 valence electrons. The van der Waals surface area contributed by atoms with E-state index in [9.17, 15) is 0 Å². The van der Waals surface area contributed by atoms with Crippen LogP contribution in [0.25, 0.3) is 54.1 Å². The average molecular weight is 503 g/mol. The Labute approximate surface area is 226 Å². The van der Waals surface area contributed by atoms with Crippen LogP contribution in [0.1, 0.15) is 89.4 Å². The van der Waals surface area contributed by atoms with Gasteiger partial charge < -0.3 is 9.97 Å². The average Bonchev–Trinajstić information content (AvgIpc) is 3.56. The highest BCUT2D eigenvalue weighted by Gasteiger charge is 2.12. The lowest BCUT2D eigenvalue weighted by atomic mass is 9.94. The van der Waals surface area contributed by atoms with Crippen molar-refractivity contribution in [3.8, 4) is 0 Å². The number of unbranched alkanes of at least 4 members (excludes halogenated alkanes) is 8. The van der Waals surface area contributed by atoms with Gasteiger partial charge in [0.25, 0.3) is 0 Å². The summed E-state index contributed by atoms with van der Waals surface area (Å²) in [5.74, 6) is 0. The monoisotopic (exact) mass is 502 g/mol. The number of H-pyrrole nitrogens is 2. The number of aromatic amines is 2. The molecule has 0 radical (unpaired) electrons. The fraction of sp³-hybridized carbons (Fsp3) is 0.389. The van der Waals surface area contributed by atoms with Gasteiger partial charge in [-0.3, -0.25) is 0 Å². The molecule has 2 heterocycles. The van der Waals surface area contributed by atoms with E-state index in [1.165, 1.54) is 130 Å². The van der Waals surface area contributed by atoms with Crippen LogP contribution in [-0.4, -0.2) is 9.97 Å². The molecule has 0 fully saturated rings. The number of fused-ring (bicyclic) bond motifs is 9. The predicted molar refractivity (Wildman–Crippen MR) is 168 cm³/mol. The Morgan fingerprint density at radius 3 is 1.13 bits per heavy atom. The SMILES string of the molecule is CCCCCCCc1cc2c(ccc3c2ccc2c4ccc5[nH]c(CCCCCCC)cc5c4ccc32)[nH]1. The second-order valence-corrected chi connectivity index (χ2v) is 11.4. The summed E-state index contributed by atoms with van der Waals surface area (Å²) in [5.41, 5.74) is 5.27. The summed E-state index contributed by atoms with van der Waals surface area (Å²) in [5, 5.41) is 10.8. The van der Waals surface area contributed by atoms with Crippen molar-refractivity contribution in [1.82, 2.24) is 9.97 Å². The maximum atomic E-state index is 3.70. The van der Waals surface area contributed by atoms with Gasteiger partial charge in [-0.05, 0) is 82.3 Å². The summed E-state index contributed by atoms with van der Waals surface area (Å²) in [6.07, 6.45) is 15.5. The third-order valence-electron chi connectivity index (χ3n) is 8.61. The predicted octanol–water partition coefficient (Wildman–Crippen LogP) is 11.1. The van der Waals surface area contributed by atoms with Crippen molar-refractivity contribution in [3.63, 3.8) is 0 Å². The molecule has 0 saturated carbocycles. The van der Waals surface area contributed by atoms with E-state index in [2.05, 4.69) is 84.5 Å². The minimum absolute atomic E-state index is 1.14. The van der Waals surface area contributed by atoms with Gasteiger partial charge in [0, 0.05) is 33.2 Å². The lowest BCUT2D eigenvalue weighted by Crippen LogP contribution is -1.85. The van der Waals surface area contributed by atoms with Crippen LogP contribution in [0.3, 0.4) is 0 Å². The van der Waals surface area contributed by atoms with Crippen LogP contribution in [0, 0.1) is 0 Å². The van der Waals surface area contributed by atoms with Crippen molar-refractivity contribution >= 4 is 54.1 Å². The van der Waals surface area contributed by atoms with Gasteiger partial charge in [0.05, 0.1) is 0 Å². The molecule has 0 spiro atoms. The number of aryl methyl sites for hydroxylation is 2.